The number of fused-ring (bicyclic) bond motifs is 3. The molecule has 16 heteroatoms. The number of nitrogens with zero attached hydrogens (tertiary/aromatic N) is 4. The van der Waals surface area contributed by atoms with E-state index in [2.05, 4.69) is 18.7 Å². The number of nitriles is 1. The number of hydrogen-bond acceptors (Lipinski definition) is 13. The Labute approximate surface area is 422 Å². The number of carbonyl (C=O) groups excluding carboxylic acids is 1. The van der Waals surface area contributed by atoms with Gasteiger partial charge in [-0.25, -0.2) is 4.39 Å². The quantitative estimate of drug-likeness (QED) is 0.0289. The van der Waals surface area contributed by atoms with Crippen LogP contribution in [0.25, 0.3) is 0 Å². The topological polar surface area (TPSA) is 195 Å². The molecule has 2 aliphatic carbocycles. The van der Waals surface area contributed by atoms with Crippen molar-refractivity contribution >= 4 is 17.3 Å². The number of nitro benzene ring substituents is 1. The van der Waals surface area contributed by atoms with Gasteiger partial charge in [0.15, 0.2) is 11.5 Å². The van der Waals surface area contributed by atoms with Crippen molar-refractivity contribution in [3.8, 4) is 29.1 Å². The van der Waals surface area contributed by atoms with Crippen molar-refractivity contribution < 1.29 is 52.8 Å². The molecular formula is C57H57FN4O11. The van der Waals surface area contributed by atoms with Crippen LogP contribution in [0.4, 0.5) is 10.1 Å². The smallest absolute Gasteiger partial charge is 0.269 e. The van der Waals surface area contributed by atoms with Gasteiger partial charge in [-0.3, -0.25) is 14.9 Å². The number of hydrogen-bond donors (Lipinski definition) is 2. The third kappa shape index (κ3) is 10.8. The lowest BCUT2D eigenvalue weighted by atomic mass is 9.55. The second-order valence-electron chi connectivity index (χ2n) is 18.7. The zero-order valence-corrected chi connectivity index (χ0v) is 40.3. The summed E-state index contributed by atoms with van der Waals surface area (Å²) >= 11 is 0. The molecule has 2 heterocycles. The highest BCUT2D eigenvalue weighted by Gasteiger charge is 2.65. The van der Waals surface area contributed by atoms with Crippen molar-refractivity contribution in [1.82, 2.24) is 4.90 Å². The Balaban J connectivity index is 1.25. The maximum Gasteiger partial charge on any atom is 0.269 e. The van der Waals surface area contributed by atoms with Gasteiger partial charge in [0.1, 0.15) is 36.6 Å². The van der Waals surface area contributed by atoms with E-state index in [9.17, 15) is 30.0 Å². The fourth-order valence-corrected chi connectivity index (χ4v) is 10.8. The monoisotopic (exact) mass is 992 g/mol. The second-order valence-corrected chi connectivity index (χ2v) is 18.7. The maximum atomic E-state index is 15.6. The van der Waals surface area contributed by atoms with Gasteiger partial charge in [-0.15, -0.1) is 6.58 Å². The minimum absolute atomic E-state index is 0.00839. The summed E-state index contributed by atoms with van der Waals surface area (Å²) < 4.78 is 47.4. The number of aliphatic hydroxyl groups is 2. The normalized spacial score (nSPS) is 21.7. The number of benzene rings is 5. The summed E-state index contributed by atoms with van der Waals surface area (Å²) in [5.41, 5.74) is 4.52. The molecule has 0 aromatic heterocycles. The van der Waals surface area contributed by atoms with Crippen LogP contribution in [0.2, 0.25) is 0 Å². The molecule has 378 valence electrons. The van der Waals surface area contributed by atoms with Crippen molar-refractivity contribution in [2.75, 3.05) is 26.6 Å². The van der Waals surface area contributed by atoms with Gasteiger partial charge in [-0.1, -0.05) is 54.4 Å². The van der Waals surface area contributed by atoms with Gasteiger partial charge in [0, 0.05) is 60.9 Å². The number of halogens is 1. The largest absolute Gasteiger partial charge is 0.489 e. The molecule has 9 rings (SSSR count). The Hall–Kier alpha value is -7.58. The fraction of sp³-hybridized carbons (Fsp3) is 0.351. The molecule has 0 unspecified atom stereocenters. The number of rotatable bonds is 22. The van der Waals surface area contributed by atoms with Crippen LogP contribution in [0.15, 0.2) is 139 Å². The molecule has 6 atom stereocenters. The van der Waals surface area contributed by atoms with Gasteiger partial charge < -0.3 is 43.6 Å². The molecular weight excluding hydrogens is 936 g/mol. The zero-order valence-electron chi connectivity index (χ0n) is 40.3. The van der Waals surface area contributed by atoms with E-state index in [1.165, 1.54) is 18.2 Å². The lowest BCUT2D eigenvalue weighted by molar-refractivity contribution is -0.384. The van der Waals surface area contributed by atoms with Crippen LogP contribution < -0.4 is 18.9 Å². The van der Waals surface area contributed by atoms with E-state index in [0.717, 1.165) is 23.1 Å². The van der Waals surface area contributed by atoms with E-state index in [-0.39, 0.29) is 82.0 Å². The molecule has 2 aliphatic heterocycles. The Morgan fingerprint density at radius 2 is 1.66 bits per heavy atom. The van der Waals surface area contributed by atoms with Gasteiger partial charge in [-0.2, -0.15) is 5.26 Å². The van der Waals surface area contributed by atoms with Crippen LogP contribution >= 0.6 is 0 Å². The van der Waals surface area contributed by atoms with Crippen LogP contribution in [-0.4, -0.2) is 70.1 Å². The van der Waals surface area contributed by atoms with Gasteiger partial charge in [0.05, 0.1) is 34.8 Å². The lowest BCUT2D eigenvalue weighted by Crippen LogP contribution is -2.70. The van der Waals surface area contributed by atoms with Crippen LogP contribution in [0, 0.1) is 45.0 Å². The van der Waals surface area contributed by atoms with E-state index in [1.807, 2.05) is 24.3 Å². The number of aliphatic hydroxyl groups excluding tert-OH is 2. The molecule has 2 N–H and O–H groups in total. The van der Waals surface area contributed by atoms with Gasteiger partial charge in [-0.05, 0) is 127 Å². The number of allylic oxidation sites excluding steroid dienone is 1. The van der Waals surface area contributed by atoms with Crippen molar-refractivity contribution in [2.24, 2.45) is 22.9 Å². The average molecular weight is 993 g/mol. The number of unbranched alkanes of at least 4 members (excludes halogenated alkanes) is 2. The van der Waals surface area contributed by atoms with Crippen molar-refractivity contribution in [3.05, 3.63) is 183 Å². The number of amides is 1. The third-order valence-corrected chi connectivity index (χ3v) is 14.2. The van der Waals surface area contributed by atoms with Gasteiger partial charge >= 0.3 is 0 Å². The van der Waals surface area contributed by atoms with Gasteiger partial charge in [0.2, 0.25) is 12.6 Å². The number of carbonyl (C=O) groups is 1. The van der Waals surface area contributed by atoms with Crippen LogP contribution in [0.1, 0.15) is 89.0 Å². The van der Waals surface area contributed by atoms with Crippen LogP contribution in [0.3, 0.4) is 0 Å². The first-order valence-corrected chi connectivity index (χ1v) is 24.6. The SMILES string of the molecule is C=CCO[C@@]12Oc3ccc(OCc4ccccc4F)cc3[C@H]3[C@H](CCCCO)[C@@H](CCCCO)C=C(C(=NOCc4ccc([N+](=O)[O-])cc4)C[C@@H]1N(Cc1ccc4c(c1)OCO4)C(=O)c1ccc(C#N)cc1)[C@H]32. The molecule has 1 fully saturated rings. The maximum absolute atomic E-state index is 15.6. The Morgan fingerprint density at radius 1 is 0.918 bits per heavy atom. The number of oxime groups is 1. The molecule has 1 saturated carbocycles. The van der Waals surface area contributed by atoms with E-state index >= 15 is 4.79 Å². The summed E-state index contributed by atoms with van der Waals surface area (Å²) in [7, 11) is 0. The summed E-state index contributed by atoms with van der Waals surface area (Å²) in [6.45, 7) is 4.14. The molecule has 0 radical (unpaired) electrons. The highest BCUT2D eigenvalue weighted by molar-refractivity contribution is 6.03. The average Bonchev–Trinajstić information content (AvgIpc) is 3.89. The first-order valence-electron chi connectivity index (χ1n) is 24.6. The minimum atomic E-state index is -1.63. The van der Waals surface area contributed by atoms with Crippen LogP contribution in [0.5, 0.6) is 23.0 Å². The Bertz CT molecular complexity index is 2900. The summed E-state index contributed by atoms with van der Waals surface area (Å²) in [4.78, 5) is 34.6. The van der Waals surface area contributed by atoms with Crippen LogP contribution in [-0.2, 0) is 29.3 Å². The molecule has 15 nitrogen and oxygen atoms in total. The first kappa shape index (κ1) is 50.4. The highest BCUT2D eigenvalue weighted by atomic mass is 19.1. The van der Waals surface area contributed by atoms with Crippen molar-refractivity contribution in [3.63, 3.8) is 0 Å². The molecule has 5 aromatic carbocycles. The fourth-order valence-electron chi connectivity index (χ4n) is 10.8. The number of nitro groups is 1. The molecule has 5 aromatic rings. The van der Waals surface area contributed by atoms with Crippen molar-refractivity contribution in [1.29, 1.82) is 5.26 Å². The number of non-ortho nitro benzene ring substituents is 1. The van der Waals surface area contributed by atoms with E-state index in [0.29, 0.717) is 83.1 Å². The van der Waals surface area contributed by atoms with E-state index < -0.39 is 28.6 Å². The standard InChI is InChI=1S/C57H57FN4O11/c1-2-27-71-57-53(61(56(65)40-18-13-37(32-59)14-19-40)33-39-17-23-51-52(28-39)70-36-69-51)31-49(60-72-34-38-15-20-43(21-16-38)62(66)67)46-29-41(9-5-7-25-63)45(11-6-8-26-64)54(55(46)57)47-30-44(22-24-50(47)73-57)68-35-42-10-3-4-12-48(42)58/h2-4,10,12-24,28-30,41,45,53-55,63-64H,1,5-9,11,25-27,31,33-36H2/t41-,45+,53-,54+,55+,57+/m0/s1. The Morgan fingerprint density at radius 3 is 2.40 bits per heavy atom. The van der Waals surface area contributed by atoms with E-state index in [4.69, 9.17) is 33.7 Å². The predicted octanol–water partition coefficient (Wildman–Crippen LogP) is 10.1. The Kier molecular flexibility index (Phi) is 15.8. The summed E-state index contributed by atoms with van der Waals surface area (Å²) in [6, 6.07) is 31.2. The summed E-state index contributed by atoms with van der Waals surface area (Å²) in [6.07, 6.45) is 7.91. The molecule has 73 heavy (non-hydrogen) atoms. The molecule has 0 bridgehead atoms. The summed E-state index contributed by atoms with van der Waals surface area (Å²) in [5, 5.41) is 46.3. The molecule has 0 saturated heterocycles. The summed E-state index contributed by atoms with van der Waals surface area (Å²) in [5.74, 6) is -1.57. The lowest BCUT2D eigenvalue weighted by Gasteiger charge is -2.60. The number of ether oxygens (including phenoxy) is 5. The van der Waals surface area contributed by atoms with Gasteiger partial charge in [0.25, 0.3) is 11.6 Å². The predicted molar refractivity (Wildman–Crippen MR) is 267 cm³/mol. The minimum Gasteiger partial charge on any atom is -0.489 e. The van der Waals surface area contributed by atoms with Crippen molar-refractivity contribution in [2.45, 2.75) is 82.5 Å². The first-order chi connectivity index (χ1) is 35.6. The highest BCUT2D eigenvalue weighted by Crippen LogP contribution is 2.62. The molecule has 0 spiro atoms. The molecule has 4 aliphatic rings. The zero-order chi connectivity index (χ0) is 50.9. The second kappa shape index (κ2) is 22.9. The van der Waals surface area contributed by atoms with E-state index in [1.54, 1.807) is 77.7 Å². The molecule has 1 amide bonds. The third-order valence-electron chi connectivity index (χ3n) is 14.2.